The van der Waals surface area contributed by atoms with Gasteiger partial charge < -0.3 is 19.2 Å². The number of hydrogen-bond donors (Lipinski definition) is 2. The highest BCUT2D eigenvalue weighted by Crippen LogP contribution is 2.43. The molecule has 4 aromatic rings. The Morgan fingerprint density at radius 1 is 1.17 bits per heavy atom. The Balaban J connectivity index is 1.73. The molecule has 1 aliphatic heterocycles. The molecule has 1 amide bonds. The number of amides is 1. The van der Waals surface area contributed by atoms with Crippen LogP contribution < -0.4 is 9.64 Å². The lowest BCUT2D eigenvalue weighted by atomic mass is 9.92. The molecule has 8 nitrogen and oxygen atoms in total. The monoisotopic (exact) mass is 471 g/mol. The number of nitrogens with one attached hydrogen (secondary N) is 1. The lowest BCUT2D eigenvalue weighted by molar-refractivity contribution is -0.132. The molecule has 2 aromatic heterocycles. The zero-order valence-corrected chi connectivity index (χ0v) is 19.8. The molecule has 1 unspecified atom stereocenters. The number of furan rings is 1. The Morgan fingerprint density at radius 2 is 1.94 bits per heavy atom. The van der Waals surface area contributed by atoms with E-state index in [1.165, 1.54) is 11.2 Å². The molecule has 2 N–H and O–H groups in total. The fourth-order valence-corrected chi connectivity index (χ4v) is 4.55. The minimum Gasteiger partial charge on any atom is -0.507 e. The van der Waals surface area contributed by atoms with E-state index in [2.05, 4.69) is 9.97 Å². The van der Waals surface area contributed by atoms with E-state index >= 15 is 0 Å². The number of aromatic amines is 1. The highest BCUT2D eigenvalue weighted by atomic mass is 16.5. The Bertz CT molecular complexity index is 1450. The molecule has 1 saturated heterocycles. The minimum atomic E-state index is -0.991. The minimum absolute atomic E-state index is 0.0617. The number of imidazole rings is 1. The fraction of sp³-hybridized carbons (Fsp3) is 0.222. The van der Waals surface area contributed by atoms with Crippen LogP contribution in [0.1, 0.15) is 48.3 Å². The van der Waals surface area contributed by atoms with E-state index in [9.17, 15) is 14.7 Å². The molecule has 8 heteroatoms. The van der Waals surface area contributed by atoms with Crippen molar-refractivity contribution in [3.8, 4) is 5.75 Å². The predicted octanol–water partition coefficient (Wildman–Crippen LogP) is 5.22. The molecule has 1 atom stereocenters. The Morgan fingerprint density at radius 3 is 2.60 bits per heavy atom. The lowest BCUT2D eigenvalue weighted by Gasteiger charge is -2.21. The van der Waals surface area contributed by atoms with Crippen molar-refractivity contribution < 1.29 is 23.8 Å². The number of nitrogens with zero attached hydrogens (tertiary/aromatic N) is 2. The summed E-state index contributed by atoms with van der Waals surface area (Å²) in [5.74, 6) is -0.557. The van der Waals surface area contributed by atoms with E-state index in [0.29, 0.717) is 28.2 Å². The summed E-state index contributed by atoms with van der Waals surface area (Å²) in [6.07, 6.45) is 1.46. The summed E-state index contributed by atoms with van der Waals surface area (Å²) in [6.45, 7) is 5.85. The summed E-state index contributed by atoms with van der Waals surface area (Å²) in [4.78, 5) is 35.5. The van der Waals surface area contributed by atoms with Crippen LogP contribution in [0.4, 0.5) is 5.95 Å². The molecule has 3 heterocycles. The number of Topliss-reactive ketones (excluding diaryl/α,β-unsaturated/α-hetero) is 1. The molecule has 1 fully saturated rings. The molecule has 0 spiro atoms. The zero-order chi connectivity index (χ0) is 24.9. The fourth-order valence-electron chi connectivity index (χ4n) is 4.55. The maximum atomic E-state index is 13.4. The van der Waals surface area contributed by atoms with Crippen molar-refractivity contribution in [3.05, 3.63) is 82.8 Å². The third-order valence-corrected chi connectivity index (χ3v) is 6.32. The van der Waals surface area contributed by atoms with Crippen LogP contribution in [0.15, 0.2) is 64.8 Å². The van der Waals surface area contributed by atoms with E-state index in [0.717, 1.165) is 11.1 Å². The van der Waals surface area contributed by atoms with Crippen molar-refractivity contribution >= 4 is 34.4 Å². The summed E-state index contributed by atoms with van der Waals surface area (Å²) in [5.41, 5.74) is 3.34. The van der Waals surface area contributed by atoms with Gasteiger partial charge in [0.2, 0.25) is 5.95 Å². The van der Waals surface area contributed by atoms with Crippen LogP contribution in [0.25, 0.3) is 16.8 Å². The first-order valence-corrected chi connectivity index (χ1v) is 11.3. The van der Waals surface area contributed by atoms with Gasteiger partial charge in [0, 0.05) is 5.56 Å². The number of para-hydroxylation sites is 2. The van der Waals surface area contributed by atoms with Crippen LogP contribution >= 0.6 is 0 Å². The lowest BCUT2D eigenvalue weighted by Crippen LogP contribution is -2.30. The first-order valence-electron chi connectivity index (χ1n) is 11.3. The number of benzene rings is 2. The van der Waals surface area contributed by atoms with Crippen molar-refractivity contribution in [1.82, 2.24) is 9.97 Å². The highest BCUT2D eigenvalue weighted by molar-refractivity contribution is 6.51. The number of rotatable bonds is 5. The van der Waals surface area contributed by atoms with Crippen LogP contribution in [0.5, 0.6) is 5.75 Å². The van der Waals surface area contributed by atoms with Crippen LogP contribution in [0.3, 0.4) is 0 Å². The summed E-state index contributed by atoms with van der Waals surface area (Å²) < 4.78 is 11.1. The number of ketones is 1. The number of fused-ring (bicyclic) bond motifs is 1. The van der Waals surface area contributed by atoms with E-state index in [-0.39, 0.29) is 23.2 Å². The molecule has 2 aromatic carbocycles. The van der Waals surface area contributed by atoms with Gasteiger partial charge in [0.05, 0.1) is 30.0 Å². The quantitative estimate of drug-likeness (QED) is 0.235. The van der Waals surface area contributed by atoms with E-state index in [1.54, 1.807) is 19.2 Å². The number of H-pyrrole nitrogens is 1. The molecule has 0 bridgehead atoms. The summed E-state index contributed by atoms with van der Waals surface area (Å²) in [6, 6.07) is 13.3. The van der Waals surface area contributed by atoms with Gasteiger partial charge in [0.1, 0.15) is 23.3 Å². The summed E-state index contributed by atoms with van der Waals surface area (Å²) >= 11 is 0. The average molecular weight is 472 g/mol. The summed E-state index contributed by atoms with van der Waals surface area (Å²) in [7, 11) is 1.59. The average Bonchev–Trinajstić information content (AvgIpc) is 3.56. The van der Waals surface area contributed by atoms with Gasteiger partial charge in [-0.25, -0.2) is 4.98 Å². The molecular weight excluding hydrogens is 446 g/mol. The van der Waals surface area contributed by atoms with Crippen LogP contribution in [0, 0.1) is 6.92 Å². The maximum absolute atomic E-state index is 13.4. The molecule has 0 radical (unpaired) electrons. The van der Waals surface area contributed by atoms with Crippen molar-refractivity contribution in [3.63, 3.8) is 0 Å². The van der Waals surface area contributed by atoms with Gasteiger partial charge in [-0.3, -0.25) is 14.5 Å². The van der Waals surface area contributed by atoms with Gasteiger partial charge in [-0.2, -0.15) is 0 Å². The second kappa shape index (κ2) is 8.47. The zero-order valence-electron chi connectivity index (χ0n) is 19.8. The largest absolute Gasteiger partial charge is 0.507 e. The number of methoxy groups -OCH3 is 1. The van der Waals surface area contributed by atoms with Crippen molar-refractivity contribution in [2.24, 2.45) is 0 Å². The van der Waals surface area contributed by atoms with Crippen molar-refractivity contribution in [1.29, 1.82) is 0 Å². The van der Waals surface area contributed by atoms with Crippen LogP contribution in [-0.4, -0.2) is 33.9 Å². The standard InChI is InChI=1S/C27H25N3O5/c1-14(2)16-13-17(15(3)12-21(16)34-4)24(31)22-23(20-10-7-11-35-20)30(26(33)25(22)32)27-28-18-8-5-6-9-19(18)29-27/h5-14,23,31H,1-4H3,(H,28,29)/b24-22+. The predicted molar refractivity (Wildman–Crippen MR) is 131 cm³/mol. The summed E-state index contributed by atoms with van der Waals surface area (Å²) in [5, 5.41) is 11.5. The molecule has 35 heavy (non-hydrogen) atoms. The number of anilines is 1. The van der Waals surface area contributed by atoms with Gasteiger partial charge in [-0.1, -0.05) is 26.0 Å². The number of ether oxygens (including phenoxy) is 1. The van der Waals surface area contributed by atoms with Gasteiger partial charge in [0.15, 0.2) is 0 Å². The van der Waals surface area contributed by atoms with Crippen LogP contribution in [0.2, 0.25) is 0 Å². The normalized spacial score (nSPS) is 17.6. The second-order valence-corrected chi connectivity index (χ2v) is 8.83. The van der Waals surface area contributed by atoms with Gasteiger partial charge in [0.25, 0.3) is 5.78 Å². The number of aromatic nitrogens is 2. The molecule has 0 aliphatic carbocycles. The number of aliphatic hydroxyl groups excluding tert-OH is 1. The molecular formula is C27H25N3O5. The third-order valence-electron chi connectivity index (χ3n) is 6.32. The van der Waals surface area contributed by atoms with Gasteiger partial charge in [-0.15, -0.1) is 0 Å². The number of hydrogen-bond acceptors (Lipinski definition) is 6. The van der Waals surface area contributed by atoms with Crippen LogP contribution in [-0.2, 0) is 9.59 Å². The molecule has 1 aliphatic rings. The third kappa shape index (κ3) is 3.58. The Kier molecular flexibility index (Phi) is 5.43. The van der Waals surface area contributed by atoms with Crippen molar-refractivity contribution in [2.75, 3.05) is 12.0 Å². The number of aliphatic hydroxyl groups is 1. The molecule has 178 valence electrons. The highest BCUT2D eigenvalue weighted by Gasteiger charge is 2.49. The van der Waals surface area contributed by atoms with E-state index in [1.807, 2.05) is 57.2 Å². The van der Waals surface area contributed by atoms with Gasteiger partial charge >= 0.3 is 5.91 Å². The van der Waals surface area contributed by atoms with E-state index in [4.69, 9.17) is 9.15 Å². The second-order valence-electron chi connectivity index (χ2n) is 8.83. The molecule has 0 saturated carbocycles. The SMILES string of the molecule is COc1cc(C)c(/C(O)=C2\C(=O)C(=O)N(c3nc4ccccc4[nH]3)C2c2ccco2)cc1C(C)C. The van der Waals surface area contributed by atoms with Gasteiger partial charge in [-0.05, 0) is 60.4 Å². The topological polar surface area (TPSA) is 109 Å². The first kappa shape index (κ1) is 22.5. The molecule has 5 rings (SSSR count). The first-order chi connectivity index (χ1) is 16.8. The number of carbonyl (C=O) groups excluding carboxylic acids is 2. The number of aryl methyl sites for hydroxylation is 1. The number of carbonyl (C=O) groups is 2. The van der Waals surface area contributed by atoms with Crippen molar-refractivity contribution in [2.45, 2.75) is 32.7 Å². The Labute approximate surface area is 201 Å². The van der Waals surface area contributed by atoms with E-state index < -0.39 is 17.7 Å². The Hall–Kier alpha value is -4.33. The maximum Gasteiger partial charge on any atom is 0.302 e. The smallest absolute Gasteiger partial charge is 0.302 e.